The molecule has 0 spiro atoms. The van der Waals surface area contributed by atoms with E-state index < -0.39 is 24.0 Å². The van der Waals surface area contributed by atoms with Crippen LogP contribution in [0.4, 0.5) is 13.2 Å². The van der Waals surface area contributed by atoms with Crippen molar-refractivity contribution in [2.24, 2.45) is 5.92 Å². The molecule has 3 rings (SSSR count). The maximum absolute atomic E-state index is 13.7. The van der Waals surface area contributed by atoms with E-state index in [1.807, 2.05) is 0 Å². The third-order valence-corrected chi connectivity index (χ3v) is 6.57. The first-order valence-corrected chi connectivity index (χ1v) is 12.0. The summed E-state index contributed by atoms with van der Waals surface area (Å²) >= 11 is 6.09. The minimum absolute atomic E-state index is 0.0200. The number of unbranched alkanes of at least 4 members (excludes halogenated alkanes) is 1. The summed E-state index contributed by atoms with van der Waals surface area (Å²) < 4.78 is 51.3. The number of carbonyl (C=O) groups excluding carboxylic acids is 2. The van der Waals surface area contributed by atoms with Crippen molar-refractivity contribution in [3.63, 3.8) is 0 Å². The summed E-state index contributed by atoms with van der Waals surface area (Å²) in [5.74, 6) is -2.57. The van der Waals surface area contributed by atoms with Gasteiger partial charge in [0.1, 0.15) is 5.75 Å². The number of hydrogen-bond acceptors (Lipinski definition) is 4. The van der Waals surface area contributed by atoms with Crippen molar-refractivity contribution in [2.75, 3.05) is 26.8 Å². The Kier molecular flexibility index (Phi) is 9.43. The average molecular weight is 512 g/mol. The van der Waals surface area contributed by atoms with Crippen molar-refractivity contribution >= 4 is 23.5 Å². The van der Waals surface area contributed by atoms with Crippen LogP contribution in [0.1, 0.15) is 53.9 Å². The summed E-state index contributed by atoms with van der Waals surface area (Å²) in [5, 5.41) is 0.260. The molecule has 2 aromatic rings. The van der Waals surface area contributed by atoms with E-state index in [4.69, 9.17) is 16.3 Å². The van der Waals surface area contributed by atoms with Crippen LogP contribution in [0.25, 0.3) is 0 Å². The third kappa shape index (κ3) is 7.37. The van der Waals surface area contributed by atoms with Gasteiger partial charge in [0.25, 0.3) is 0 Å². The number of halogens is 4. The zero-order chi connectivity index (χ0) is 25.4. The van der Waals surface area contributed by atoms with Crippen LogP contribution in [-0.2, 0) is 9.53 Å². The standard InChI is InChI=1S/C26H29ClF3NO4/c1-34-25(33)21-11-10-20(17-22(21)27)35-16-6-5-7-18-12-14-31(15-13-18)24(32)23(26(28,29)30)19-8-3-2-4-9-19/h2-4,8-11,17-18,23H,5-7,12-16H2,1H3. The number of methoxy groups -OCH3 is 1. The summed E-state index contributed by atoms with van der Waals surface area (Å²) in [6.45, 7) is 1.16. The highest BCUT2D eigenvalue weighted by atomic mass is 35.5. The Balaban J connectivity index is 1.40. The van der Waals surface area contributed by atoms with Gasteiger partial charge in [-0.1, -0.05) is 48.4 Å². The Hall–Kier alpha value is -2.74. The number of piperidine rings is 1. The molecular weight excluding hydrogens is 483 g/mol. The predicted molar refractivity (Wildman–Crippen MR) is 127 cm³/mol. The highest BCUT2D eigenvalue weighted by Gasteiger charge is 2.47. The van der Waals surface area contributed by atoms with Crippen LogP contribution in [0.3, 0.4) is 0 Å². The van der Waals surface area contributed by atoms with Crippen LogP contribution >= 0.6 is 11.6 Å². The first-order valence-electron chi connectivity index (χ1n) is 11.6. The molecule has 0 bridgehead atoms. The van der Waals surface area contributed by atoms with Gasteiger partial charge < -0.3 is 14.4 Å². The van der Waals surface area contributed by atoms with E-state index in [9.17, 15) is 22.8 Å². The molecule has 1 heterocycles. The van der Waals surface area contributed by atoms with Gasteiger partial charge in [-0.15, -0.1) is 0 Å². The number of alkyl halides is 3. The lowest BCUT2D eigenvalue weighted by atomic mass is 9.90. The first-order chi connectivity index (χ1) is 16.7. The monoisotopic (exact) mass is 511 g/mol. The van der Waals surface area contributed by atoms with Crippen LogP contribution in [0, 0.1) is 5.92 Å². The SMILES string of the molecule is COC(=O)c1ccc(OCCCCC2CCN(C(=O)C(c3ccccc3)C(F)(F)F)CC2)cc1Cl. The smallest absolute Gasteiger partial charge is 0.404 e. The van der Waals surface area contributed by atoms with Crippen molar-refractivity contribution < 1.29 is 32.2 Å². The lowest BCUT2D eigenvalue weighted by Gasteiger charge is -2.35. The molecule has 5 nitrogen and oxygen atoms in total. The summed E-state index contributed by atoms with van der Waals surface area (Å²) in [7, 11) is 1.29. The van der Waals surface area contributed by atoms with Gasteiger partial charge in [0, 0.05) is 13.1 Å². The molecule has 190 valence electrons. The number of amides is 1. The average Bonchev–Trinajstić information content (AvgIpc) is 2.83. The number of carbonyl (C=O) groups is 2. The van der Waals surface area contributed by atoms with Gasteiger partial charge in [0.05, 0.1) is 24.3 Å². The highest BCUT2D eigenvalue weighted by Crippen LogP contribution is 2.37. The van der Waals surface area contributed by atoms with Gasteiger partial charge in [0.15, 0.2) is 5.92 Å². The molecule has 1 unspecified atom stereocenters. The van der Waals surface area contributed by atoms with E-state index in [1.165, 1.54) is 36.3 Å². The molecule has 1 amide bonds. The van der Waals surface area contributed by atoms with E-state index in [0.717, 1.165) is 19.3 Å². The maximum atomic E-state index is 13.7. The third-order valence-electron chi connectivity index (χ3n) is 6.25. The molecule has 1 aliphatic rings. The molecule has 1 saturated heterocycles. The van der Waals surface area contributed by atoms with Gasteiger partial charge >= 0.3 is 12.1 Å². The van der Waals surface area contributed by atoms with Crippen molar-refractivity contribution in [3.05, 3.63) is 64.7 Å². The van der Waals surface area contributed by atoms with E-state index in [1.54, 1.807) is 24.3 Å². The van der Waals surface area contributed by atoms with E-state index >= 15 is 0 Å². The second kappa shape index (κ2) is 12.3. The second-order valence-electron chi connectivity index (χ2n) is 8.63. The zero-order valence-electron chi connectivity index (χ0n) is 19.5. The van der Waals surface area contributed by atoms with Crippen molar-refractivity contribution in [1.29, 1.82) is 0 Å². The Morgan fingerprint density at radius 2 is 1.77 bits per heavy atom. The Morgan fingerprint density at radius 3 is 2.37 bits per heavy atom. The molecule has 0 N–H and O–H groups in total. The molecule has 1 aliphatic heterocycles. The molecule has 9 heteroatoms. The largest absolute Gasteiger partial charge is 0.494 e. The number of rotatable bonds is 9. The zero-order valence-corrected chi connectivity index (χ0v) is 20.3. The Morgan fingerprint density at radius 1 is 1.09 bits per heavy atom. The molecular formula is C26H29ClF3NO4. The van der Waals surface area contributed by atoms with Crippen molar-refractivity contribution in [3.8, 4) is 5.75 Å². The molecule has 0 saturated carbocycles. The normalized spacial score (nSPS) is 15.5. The van der Waals surface area contributed by atoms with Gasteiger partial charge in [-0.2, -0.15) is 13.2 Å². The molecule has 1 atom stereocenters. The molecule has 0 radical (unpaired) electrons. The van der Waals surface area contributed by atoms with Gasteiger partial charge in [-0.3, -0.25) is 4.79 Å². The quantitative estimate of drug-likeness (QED) is 0.294. The predicted octanol–water partition coefficient (Wildman–Crippen LogP) is 6.26. The van der Waals surface area contributed by atoms with Gasteiger partial charge in [-0.05, 0) is 55.4 Å². The van der Waals surface area contributed by atoms with Crippen LogP contribution in [-0.4, -0.2) is 49.8 Å². The van der Waals surface area contributed by atoms with Gasteiger partial charge in [0.2, 0.25) is 5.91 Å². The number of likely N-dealkylation sites (tertiary alicyclic amines) is 1. The number of benzene rings is 2. The fourth-order valence-electron chi connectivity index (χ4n) is 4.33. The summed E-state index contributed by atoms with van der Waals surface area (Å²) in [5.41, 5.74) is 0.255. The van der Waals surface area contributed by atoms with Crippen LogP contribution in [0.5, 0.6) is 5.75 Å². The van der Waals surface area contributed by atoms with E-state index in [0.29, 0.717) is 44.2 Å². The maximum Gasteiger partial charge on any atom is 0.404 e. The summed E-state index contributed by atoms with van der Waals surface area (Å²) in [6.07, 6.45) is -0.609. The molecule has 0 aromatic heterocycles. The number of hydrogen-bond donors (Lipinski definition) is 0. The molecule has 0 aliphatic carbocycles. The van der Waals surface area contributed by atoms with Crippen molar-refractivity contribution in [1.82, 2.24) is 4.90 Å². The highest BCUT2D eigenvalue weighted by molar-refractivity contribution is 6.33. The molecule has 2 aromatic carbocycles. The topological polar surface area (TPSA) is 55.8 Å². The number of esters is 1. The minimum atomic E-state index is -4.63. The first kappa shape index (κ1) is 26.9. The van der Waals surface area contributed by atoms with Crippen molar-refractivity contribution in [2.45, 2.75) is 44.2 Å². The second-order valence-corrected chi connectivity index (χ2v) is 9.04. The molecule has 35 heavy (non-hydrogen) atoms. The van der Waals surface area contributed by atoms with Crippen LogP contribution in [0.15, 0.2) is 48.5 Å². The van der Waals surface area contributed by atoms with Crippen LogP contribution < -0.4 is 4.74 Å². The van der Waals surface area contributed by atoms with Gasteiger partial charge in [-0.25, -0.2) is 4.79 Å². The van der Waals surface area contributed by atoms with Crippen LogP contribution in [0.2, 0.25) is 5.02 Å². The fourth-order valence-corrected chi connectivity index (χ4v) is 4.58. The van der Waals surface area contributed by atoms with E-state index in [2.05, 4.69) is 4.74 Å². The lowest BCUT2D eigenvalue weighted by Crippen LogP contribution is -2.44. The Labute approximate surface area is 208 Å². The molecule has 1 fully saturated rings. The Bertz CT molecular complexity index is 992. The number of nitrogens with zero attached hydrogens (tertiary/aromatic N) is 1. The lowest BCUT2D eigenvalue weighted by molar-refractivity contribution is -0.172. The summed E-state index contributed by atoms with van der Waals surface area (Å²) in [6, 6.07) is 12.2. The summed E-state index contributed by atoms with van der Waals surface area (Å²) in [4.78, 5) is 25.7. The minimum Gasteiger partial charge on any atom is -0.494 e. The number of ether oxygens (including phenoxy) is 2. The fraction of sp³-hybridized carbons (Fsp3) is 0.462. The van der Waals surface area contributed by atoms with E-state index in [-0.39, 0.29) is 16.1 Å².